The average molecular weight is 282 g/mol. The van der Waals surface area contributed by atoms with Crippen LogP contribution >= 0.6 is 11.6 Å². The van der Waals surface area contributed by atoms with Crippen molar-refractivity contribution in [3.8, 4) is 11.5 Å². The fourth-order valence-electron chi connectivity index (χ4n) is 1.82. The molecule has 0 amide bonds. The van der Waals surface area contributed by atoms with Gasteiger partial charge < -0.3 is 19.2 Å². The minimum atomic E-state index is 0.00906. The van der Waals surface area contributed by atoms with Gasteiger partial charge in [-0.1, -0.05) is 11.6 Å². The predicted octanol–water partition coefficient (Wildman–Crippen LogP) is 4.12. The first-order valence-corrected chi connectivity index (χ1v) is 6.25. The number of rotatable bonds is 5. The average Bonchev–Trinajstić information content (AvgIpc) is 2.94. The van der Waals surface area contributed by atoms with E-state index in [1.165, 1.54) is 0 Å². The lowest BCUT2D eigenvalue weighted by Gasteiger charge is -2.17. The van der Waals surface area contributed by atoms with Crippen molar-refractivity contribution in [1.82, 2.24) is 0 Å². The van der Waals surface area contributed by atoms with Crippen LogP contribution in [-0.4, -0.2) is 14.2 Å². The molecule has 1 aromatic heterocycles. The summed E-state index contributed by atoms with van der Waals surface area (Å²) in [5, 5.41) is 3.82. The molecule has 5 heteroatoms. The molecule has 19 heavy (non-hydrogen) atoms. The third kappa shape index (κ3) is 2.96. The Morgan fingerprint density at radius 1 is 1.21 bits per heavy atom. The summed E-state index contributed by atoms with van der Waals surface area (Å²) in [5.41, 5.74) is 0.799. The smallest absolute Gasteiger partial charge is 0.143 e. The summed E-state index contributed by atoms with van der Waals surface area (Å²) in [6, 6.07) is 7.30. The van der Waals surface area contributed by atoms with E-state index < -0.39 is 0 Å². The zero-order valence-electron chi connectivity index (χ0n) is 11.1. The van der Waals surface area contributed by atoms with E-state index in [4.69, 9.17) is 25.5 Å². The van der Waals surface area contributed by atoms with E-state index in [2.05, 4.69) is 5.32 Å². The molecule has 4 nitrogen and oxygen atoms in total. The standard InChI is InChI=1S/C14H16ClNO3/c1-9(12-5-4-6-19-12)16-11-8-13(17-2)10(15)7-14(11)18-3/h4-9,16H,1-3H3. The van der Waals surface area contributed by atoms with Gasteiger partial charge in [0.25, 0.3) is 0 Å². The monoisotopic (exact) mass is 281 g/mol. The summed E-state index contributed by atoms with van der Waals surface area (Å²) >= 11 is 6.07. The minimum absolute atomic E-state index is 0.00906. The third-order valence-corrected chi connectivity index (χ3v) is 3.11. The first-order valence-electron chi connectivity index (χ1n) is 5.87. The van der Waals surface area contributed by atoms with Crippen molar-refractivity contribution >= 4 is 17.3 Å². The highest BCUT2D eigenvalue weighted by Gasteiger charge is 2.14. The molecule has 2 rings (SSSR count). The molecule has 1 N–H and O–H groups in total. The van der Waals surface area contributed by atoms with Crippen molar-refractivity contribution in [3.05, 3.63) is 41.3 Å². The highest BCUT2D eigenvalue weighted by molar-refractivity contribution is 6.32. The number of anilines is 1. The predicted molar refractivity (Wildman–Crippen MR) is 75.3 cm³/mol. The number of methoxy groups -OCH3 is 2. The number of hydrogen-bond acceptors (Lipinski definition) is 4. The van der Waals surface area contributed by atoms with Crippen molar-refractivity contribution in [1.29, 1.82) is 0 Å². The van der Waals surface area contributed by atoms with Gasteiger partial charge in [-0.15, -0.1) is 0 Å². The molecule has 102 valence electrons. The minimum Gasteiger partial charge on any atom is -0.495 e. The van der Waals surface area contributed by atoms with Gasteiger partial charge in [-0.2, -0.15) is 0 Å². The first-order chi connectivity index (χ1) is 9.15. The first kappa shape index (κ1) is 13.6. The molecule has 1 heterocycles. The van der Waals surface area contributed by atoms with Crippen LogP contribution in [0.3, 0.4) is 0 Å². The summed E-state index contributed by atoms with van der Waals surface area (Å²) in [6.07, 6.45) is 1.65. The SMILES string of the molecule is COc1cc(NC(C)c2ccco2)c(OC)cc1Cl. The van der Waals surface area contributed by atoms with Crippen molar-refractivity contribution in [2.24, 2.45) is 0 Å². The third-order valence-electron chi connectivity index (χ3n) is 2.82. The number of hydrogen-bond donors (Lipinski definition) is 1. The molecule has 0 saturated heterocycles. The van der Waals surface area contributed by atoms with Crippen molar-refractivity contribution < 1.29 is 13.9 Å². The van der Waals surface area contributed by atoms with Gasteiger partial charge in [-0.05, 0) is 19.1 Å². The molecular formula is C14H16ClNO3. The molecule has 0 saturated carbocycles. The largest absolute Gasteiger partial charge is 0.495 e. The van der Waals surface area contributed by atoms with E-state index in [1.807, 2.05) is 19.1 Å². The maximum Gasteiger partial charge on any atom is 0.143 e. The molecule has 0 bridgehead atoms. The van der Waals surface area contributed by atoms with E-state index >= 15 is 0 Å². The number of benzene rings is 1. The van der Waals surface area contributed by atoms with Crippen LogP contribution in [-0.2, 0) is 0 Å². The highest BCUT2D eigenvalue weighted by atomic mass is 35.5. The van der Waals surface area contributed by atoms with Crippen LogP contribution in [0, 0.1) is 0 Å². The van der Waals surface area contributed by atoms with Gasteiger partial charge in [-0.25, -0.2) is 0 Å². The Bertz CT molecular complexity index is 540. The quantitative estimate of drug-likeness (QED) is 0.895. The van der Waals surface area contributed by atoms with Gasteiger partial charge >= 0.3 is 0 Å². The molecule has 0 aliphatic rings. The van der Waals surface area contributed by atoms with E-state index in [-0.39, 0.29) is 6.04 Å². The van der Waals surface area contributed by atoms with E-state index in [9.17, 15) is 0 Å². The Balaban J connectivity index is 2.28. The molecule has 0 fully saturated rings. The van der Waals surface area contributed by atoms with Crippen LogP contribution in [0.1, 0.15) is 18.7 Å². The topological polar surface area (TPSA) is 43.6 Å². The van der Waals surface area contributed by atoms with E-state index in [1.54, 1.807) is 32.6 Å². The normalized spacial score (nSPS) is 12.0. The summed E-state index contributed by atoms with van der Waals surface area (Å²) in [6.45, 7) is 2.00. The fourth-order valence-corrected chi connectivity index (χ4v) is 2.05. The van der Waals surface area contributed by atoms with Crippen LogP contribution in [0.25, 0.3) is 0 Å². The summed E-state index contributed by atoms with van der Waals surface area (Å²) in [7, 11) is 3.17. The summed E-state index contributed by atoms with van der Waals surface area (Å²) in [5.74, 6) is 2.09. The molecule has 1 atom stereocenters. The Hall–Kier alpha value is -1.81. The second kappa shape index (κ2) is 5.89. The maximum absolute atomic E-state index is 6.07. The van der Waals surface area contributed by atoms with Crippen molar-refractivity contribution in [2.45, 2.75) is 13.0 Å². The number of nitrogens with one attached hydrogen (secondary N) is 1. The lowest BCUT2D eigenvalue weighted by atomic mass is 10.2. The van der Waals surface area contributed by atoms with Crippen molar-refractivity contribution in [2.75, 3.05) is 19.5 Å². The molecule has 0 aliphatic heterocycles. The van der Waals surface area contributed by atoms with Crippen LogP contribution in [0.2, 0.25) is 5.02 Å². The van der Waals surface area contributed by atoms with Gasteiger partial charge in [-0.3, -0.25) is 0 Å². The zero-order valence-corrected chi connectivity index (χ0v) is 11.8. The molecule has 1 unspecified atom stereocenters. The number of furan rings is 1. The second-order valence-corrected chi connectivity index (χ2v) is 4.48. The van der Waals surface area contributed by atoms with Crippen LogP contribution < -0.4 is 14.8 Å². The van der Waals surface area contributed by atoms with Crippen molar-refractivity contribution in [3.63, 3.8) is 0 Å². The number of ether oxygens (including phenoxy) is 2. The van der Waals surface area contributed by atoms with Gasteiger partial charge in [0, 0.05) is 12.1 Å². The molecule has 0 radical (unpaired) electrons. The Labute approximate surface area is 117 Å². The lowest BCUT2D eigenvalue weighted by Crippen LogP contribution is -2.07. The van der Waals surface area contributed by atoms with E-state index in [0.29, 0.717) is 16.5 Å². The summed E-state index contributed by atoms with van der Waals surface area (Å²) < 4.78 is 15.9. The lowest BCUT2D eigenvalue weighted by molar-refractivity contribution is 0.404. The van der Waals surface area contributed by atoms with Crippen LogP contribution in [0.15, 0.2) is 34.9 Å². The van der Waals surface area contributed by atoms with Gasteiger partial charge in [0.2, 0.25) is 0 Å². The number of halogens is 1. The highest BCUT2D eigenvalue weighted by Crippen LogP contribution is 2.37. The van der Waals surface area contributed by atoms with E-state index in [0.717, 1.165) is 11.4 Å². The van der Waals surface area contributed by atoms with Crippen LogP contribution in [0.5, 0.6) is 11.5 Å². The van der Waals surface area contributed by atoms with Gasteiger partial charge in [0.1, 0.15) is 17.3 Å². The molecule has 0 aliphatic carbocycles. The van der Waals surface area contributed by atoms with Gasteiger partial charge in [0.05, 0.1) is 37.2 Å². The molecular weight excluding hydrogens is 266 g/mol. The summed E-state index contributed by atoms with van der Waals surface area (Å²) in [4.78, 5) is 0. The maximum atomic E-state index is 6.07. The zero-order chi connectivity index (χ0) is 13.8. The Morgan fingerprint density at radius 3 is 2.53 bits per heavy atom. The van der Waals surface area contributed by atoms with Gasteiger partial charge in [0.15, 0.2) is 0 Å². The second-order valence-electron chi connectivity index (χ2n) is 4.07. The Morgan fingerprint density at radius 2 is 1.95 bits per heavy atom. The molecule has 2 aromatic rings. The molecule has 0 spiro atoms. The Kier molecular flexibility index (Phi) is 4.22. The van der Waals surface area contributed by atoms with Crippen LogP contribution in [0.4, 0.5) is 5.69 Å². The fraction of sp³-hybridized carbons (Fsp3) is 0.286. The molecule has 1 aromatic carbocycles.